The predicted octanol–water partition coefficient (Wildman–Crippen LogP) is 2.42. The van der Waals surface area contributed by atoms with E-state index in [9.17, 15) is 9.59 Å². The Labute approximate surface area is 133 Å². The molecule has 2 amide bonds. The van der Waals surface area contributed by atoms with Crippen LogP contribution in [-0.4, -0.2) is 22.6 Å². The lowest BCUT2D eigenvalue weighted by atomic mass is 10.0. The number of hydrazine groups is 1. The van der Waals surface area contributed by atoms with Crippen LogP contribution in [0.2, 0.25) is 0 Å². The van der Waals surface area contributed by atoms with Gasteiger partial charge in [-0.05, 0) is 43.5 Å². The Bertz CT molecular complexity index is 744. The highest BCUT2D eigenvalue weighted by Gasteiger charge is 2.10. The zero-order valence-electron chi connectivity index (χ0n) is 13.1. The number of amides is 2. The summed E-state index contributed by atoms with van der Waals surface area (Å²) in [5.41, 5.74) is 8.97. The van der Waals surface area contributed by atoms with Gasteiger partial charge in [0, 0.05) is 12.3 Å². The van der Waals surface area contributed by atoms with Crippen LogP contribution in [0.4, 0.5) is 0 Å². The third kappa shape index (κ3) is 3.76. The van der Waals surface area contributed by atoms with Gasteiger partial charge in [0.15, 0.2) is 0 Å². The molecule has 0 atom stereocenters. The van der Waals surface area contributed by atoms with Gasteiger partial charge in [-0.3, -0.25) is 20.4 Å². The summed E-state index contributed by atoms with van der Waals surface area (Å²) in [6, 6.07) is 6.24. The van der Waals surface area contributed by atoms with Crippen LogP contribution in [0.1, 0.15) is 23.6 Å². The lowest BCUT2D eigenvalue weighted by Gasteiger charge is -2.10. The predicted molar refractivity (Wildman–Crippen MR) is 88.6 cm³/mol. The highest BCUT2D eigenvalue weighted by Crippen LogP contribution is 2.27. The molecule has 0 radical (unpaired) electrons. The molecular weight excluding hydrogens is 298 g/mol. The van der Waals surface area contributed by atoms with E-state index in [1.54, 1.807) is 0 Å². The molecule has 2 N–H and O–H groups in total. The number of aromatic nitrogens is 1. The van der Waals surface area contributed by atoms with Gasteiger partial charge in [-0.15, -0.1) is 0 Å². The topological polar surface area (TPSA) is 71.1 Å². The van der Waals surface area contributed by atoms with Gasteiger partial charge in [0.2, 0.25) is 11.8 Å². The molecule has 5 nitrogen and oxygen atoms in total. The van der Waals surface area contributed by atoms with Crippen molar-refractivity contribution in [2.45, 2.75) is 32.7 Å². The molecule has 0 saturated carbocycles. The quantitative estimate of drug-likeness (QED) is 0.674. The number of benzene rings is 1. The number of carbonyl (C=O) groups is 2. The molecule has 1 aromatic heterocycles. The highest BCUT2D eigenvalue weighted by molar-refractivity contribution is 7.99. The molecule has 2 rings (SSSR count). The highest BCUT2D eigenvalue weighted by atomic mass is 32.2. The van der Waals surface area contributed by atoms with Crippen LogP contribution >= 0.6 is 11.8 Å². The molecule has 116 valence electrons. The van der Waals surface area contributed by atoms with E-state index in [1.165, 1.54) is 24.2 Å². The molecule has 0 unspecified atom stereocenters. The standard InChI is InChI=1S/C16H19N3O2S/c1-9-5-6-13-7-10(2)16(17-15(13)11(9)3)22-8-14(21)19-18-12(4)20/h5-7H,8H2,1-4H3,(H,18,20)(H,19,21). The van der Waals surface area contributed by atoms with Crippen molar-refractivity contribution in [2.75, 3.05) is 5.75 Å². The lowest BCUT2D eigenvalue weighted by molar-refractivity contribution is -0.126. The van der Waals surface area contributed by atoms with E-state index < -0.39 is 0 Å². The summed E-state index contributed by atoms with van der Waals surface area (Å²) in [4.78, 5) is 27.1. The van der Waals surface area contributed by atoms with Crippen LogP contribution in [0.15, 0.2) is 23.2 Å². The van der Waals surface area contributed by atoms with Crippen molar-refractivity contribution in [3.8, 4) is 0 Å². The number of thioether (sulfide) groups is 1. The molecule has 2 aromatic rings. The van der Waals surface area contributed by atoms with E-state index in [-0.39, 0.29) is 17.6 Å². The number of carbonyl (C=O) groups excluding carboxylic acids is 2. The second kappa shape index (κ2) is 6.79. The van der Waals surface area contributed by atoms with Crippen LogP contribution in [0.3, 0.4) is 0 Å². The van der Waals surface area contributed by atoms with Crippen molar-refractivity contribution >= 4 is 34.5 Å². The van der Waals surface area contributed by atoms with E-state index in [0.717, 1.165) is 27.1 Å². The van der Waals surface area contributed by atoms with Crippen LogP contribution in [0, 0.1) is 20.8 Å². The van der Waals surface area contributed by atoms with Crippen LogP contribution in [0.5, 0.6) is 0 Å². The van der Waals surface area contributed by atoms with Crippen molar-refractivity contribution in [2.24, 2.45) is 0 Å². The minimum atomic E-state index is -0.301. The summed E-state index contributed by atoms with van der Waals surface area (Å²) in [5, 5.41) is 1.94. The third-order valence-corrected chi connectivity index (χ3v) is 4.47. The van der Waals surface area contributed by atoms with Crippen molar-refractivity contribution in [1.29, 1.82) is 0 Å². The van der Waals surface area contributed by atoms with Crippen molar-refractivity contribution in [1.82, 2.24) is 15.8 Å². The number of nitrogens with zero attached hydrogens (tertiary/aromatic N) is 1. The minimum absolute atomic E-state index is 0.199. The summed E-state index contributed by atoms with van der Waals surface area (Å²) >= 11 is 1.36. The van der Waals surface area contributed by atoms with Gasteiger partial charge in [-0.1, -0.05) is 23.9 Å². The van der Waals surface area contributed by atoms with Gasteiger partial charge < -0.3 is 0 Å². The van der Waals surface area contributed by atoms with Gasteiger partial charge in [-0.2, -0.15) is 0 Å². The second-order valence-electron chi connectivity index (χ2n) is 5.21. The Kier molecular flexibility index (Phi) is 5.03. The zero-order chi connectivity index (χ0) is 16.3. The molecule has 0 spiro atoms. The zero-order valence-corrected chi connectivity index (χ0v) is 13.9. The molecule has 0 bridgehead atoms. The van der Waals surface area contributed by atoms with Gasteiger partial charge in [0.25, 0.3) is 0 Å². The molecule has 0 saturated heterocycles. The lowest BCUT2D eigenvalue weighted by Crippen LogP contribution is -2.41. The summed E-state index contributed by atoms with van der Waals surface area (Å²) < 4.78 is 0. The summed E-state index contributed by atoms with van der Waals surface area (Å²) in [6.45, 7) is 7.44. The normalized spacial score (nSPS) is 10.5. The molecule has 6 heteroatoms. The molecular formula is C16H19N3O2S. The Hall–Kier alpha value is -2.08. The van der Waals surface area contributed by atoms with E-state index >= 15 is 0 Å². The Balaban J connectivity index is 2.17. The number of aryl methyl sites for hydroxylation is 3. The number of nitrogens with one attached hydrogen (secondary N) is 2. The molecule has 22 heavy (non-hydrogen) atoms. The molecule has 0 aliphatic rings. The van der Waals surface area contributed by atoms with E-state index in [0.29, 0.717) is 0 Å². The minimum Gasteiger partial charge on any atom is -0.274 e. The van der Waals surface area contributed by atoms with Crippen LogP contribution in [0.25, 0.3) is 10.9 Å². The van der Waals surface area contributed by atoms with Crippen LogP contribution < -0.4 is 10.9 Å². The van der Waals surface area contributed by atoms with Crippen molar-refractivity contribution in [3.63, 3.8) is 0 Å². The van der Waals surface area contributed by atoms with Gasteiger partial charge in [-0.25, -0.2) is 4.98 Å². The molecule has 0 aliphatic heterocycles. The monoisotopic (exact) mass is 317 g/mol. The van der Waals surface area contributed by atoms with Gasteiger partial charge in [0.1, 0.15) is 5.03 Å². The SMILES string of the molecule is CC(=O)NNC(=O)CSc1nc2c(C)c(C)ccc2cc1C. The van der Waals surface area contributed by atoms with E-state index in [4.69, 9.17) is 4.98 Å². The van der Waals surface area contributed by atoms with E-state index in [2.05, 4.69) is 42.9 Å². The number of rotatable bonds is 3. The first-order chi connectivity index (χ1) is 10.4. The molecule has 1 aromatic carbocycles. The fraction of sp³-hybridized carbons (Fsp3) is 0.312. The van der Waals surface area contributed by atoms with Gasteiger partial charge >= 0.3 is 0 Å². The maximum absolute atomic E-state index is 11.6. The first-order valence-electron chi connectivity index (χ1n) is 6.94. The fourth-order valence-electron chi connectivity index (χ4n) is 2.05. The molecule has 1 heterocycles. The van der Waals surface area contributed by atoms with Crippen molar-refractivity contribution in [3.05, 3.63) is 34.9 Å². The maximum atomic E-state index is 11.6. The number of pyridine rings is 1. The maximum Gasteiger partial charge on any atom is 0.248 e. The number of hydrogen-bond donors (Lipinski definition) is 2. The molecule has 0 fully saturated rings. The largest absolute Gasteiger partial charge is 0.274 e. The number of fused-ring (bicyclic) bond motifs is 1. The summed E-state index contributed by atoms with van der Waals surface area (Å²) in [6.07, 6.45) is 0. The van der Waals surface area contributed by atoms with Crippen LogP contribution in [-0.2, 0) is 9.59 Å². The van der Waals surface area contributed by atoms with Crippen molar-refractivity contribution < 1.29 is 9.59 Å². The number of hydrogen-bond acceptors (Lipinski definition) is 4. The van der Waals surface area contributed by atoms with Gasteiger partial charge in [0.05, 0.1) is 11.3 Å². The van der Waals surface area contributed by atoms with E-state index in [1.807, 2.05) is 6.92 Å². The Morgan fingerprint density at radius 3 is 2.55 bits per heavy atom. The second-order valence-corrected chi connectivity index (χ2v) is 6.17. The Morgan fingerprint density at radius 1 is 1.14 bits per heavy atom. The smallest absolute Gasteiger partial charge is 0.248 e. The first kappa shape index (κ1) is 16.3. The average Bonchev–Trinajstić information content (AvgIpc) is 2.47. The first-order valence-corrected chi connectivity index (χ1v) is 7.93. The summed E-state index contributed by atoms with van der Waals surface area (Å²) in [5.74, 6) is -0.364. The average molecular weight is 317 g/mol. The fourth-order valence-corrected chi connectivity index (χ4v) is 2.83. The summed E-state index contributed by atoms with van der Waals surface area (Å²) in [7, 11) is 0. The molecule has 0 aliphatic carbocycles. The third-order valence-electron chi connectivity index (χ3n) is 3.37. The Morgan fingerprint density at radius 2 is 1.86 bits per heavy atom.